The molecule has 0 unspecified atom stereocenters. The summed E-state index contributed by atoms with van der Waals surface area (Å²) in [6.45, 7) is 0.737. The standard InChI is InChI=1S/C15H22N2O3S/c16-15(18)14-9-4-10-17(12-14)21(19,20)11-5-8-13-6-2-1-3-7-13/h1-3,6-7,14H,4-5,8-12H2,(H2,16,18)/t14-/m1/s1. The zero-order valence-electron chi connectivity index (χ0n) is 12.1. The lowest BCUT2D eigenvalue weighted by Gasteiger charge is -2.30. The van der Waals surface area contributed by atoms with Crippen molar-refractivity contribution in [2.45, 2.75) is 25.7 Å². The maximum atomic E-state index is 12.3. The second kappa shape index (κ2) is 7.04. The molecule has 2 rings (SSSR count). The van der Waals surface area contributed by atoms with Crippen molar-refractivity contribution in [1.82, 2.24) is 4.31 Å². The first kappa shape index (κ1) is 16.0. The summed E-state index contributed by atoms with van der Waals surface area (Å²) in [4.78, 5) is 11.2. The third-order valence-corrected chi connectivity index (χ3v) is 5.81. The van der Waals surface area contributed by atoms with Crippen LogP contribution in [0, 0.1) is 5.92 Å². The highest BCUT2D eigenvalue weighted by Crippen LogP contribution is 2.19. The largest absolute Gasteiger partial charge is 0.369 e. The average molecular weight is 310 g/mol. The van der Waals surface area contributed by atoms with Gasteiger partial charge in [0.1, 0.15) is 0 Å². The van der Waals surface area contributed by atoms with E-state index in [0.29, 0.717) is 25.8 Å². The van der Waals surface area contributed by atoms with Crippen LogP contribution in [0.15, 0.2) is 30.3 Å². The van der Waals surface area contributed by atoms with Gasteiger partial charge in [0.25, 0.3) is 0 Å². The van der Waals surface area contributed by atoms with Gasteiger partial charge in [-0.3, -0.25) is 4.79 Å². The number of amides is 1. The van der Waals surface area contributed by atoms with Crippen molar-refractivity contribution in [2.75, 3.05) is 18.8 Å². The first-order valence-corrected chi connectivity index (χ1v) is 8.91. The van der Waals surface area contributed by atoms with Crippen molar-refractivity contribution in [3.05, 3.63) is 35.9 Å². The van der Waals surface area contributed by atoms with Gasteiger partial charge in [-0.15, -0.1) is 0 Å². The Morgan fingerprint density at radius 3 is 2.67 bits per heavy atom. The summed E-state index contributed by atoms with van der Waals surface area (Å²) < 4.78 is 26.1. The number of nitrogens with zero attached hydrogens (tertiary/aromatic N) is 1. The predicted octanol–water partition coefficient (Wildman–Crippen LogP) is 1.15. The van der Waals surface area contributed by atoms with Gasteiger partial charge in [0, 0.05) is 13.1 Å². The lowest BCUT2D eigenvalue weighted by atomic mass is 9.99. The molecule has 6 heteroatoms. The van der Waals surface area contributed by atoms with Crippen LogP contribution in [-0.2, 0) is 21.2 Å². The van der Waals surface area contributed by atoms with E-state index in [1.54, 1.807) is 0 Å². The summed E-state index contributed by atoms with van der Waals surface area (Å²) >= 11 is 0. The van der Waals surface area contributed by atoms with E-state index in [9.17, 15) is 13.2 Å². The first-order valence-electron chi connectivity index (χ1n) is 7.30. The monoisotopic (exact) mass is 310 g/mol. The Kier molecular flexibility index (Phi) is 5.36. The Labute approximate surface area is 126 Å². The molecule has 1 heterocycles. The zero-order valence-corrected chi connectivity index (χ0v) is 12.9. The van der Waals surface area contributed by atoms with Gasteiger partial charge in [0.15, 0.2) is 0 Å². The molecule has 0 aliphatic carbocycles. The van der Waals surface area contributed by atoms with Crippen molar-refractivity contribution in [3.8, 4) is 0 Å². The van der Waals surface area contributed by atoms with Crippen LogP contribution in [0.5, 0.6) is 0 Å². The van der Waals surface area contributed by atoms with E-state index in [1.807, 2.05) is 30.3 Å². The Morgan fingerprint density at radius 2 is 2.00 bits per heavy atom. The van der Waals surface area contributed by atoms with Crippen LogP contribution in [0.4, 0.5) is 0 Å². The van der Waals surface area contributed by atoms with Crippen molar-refractivity contribution in [3.63, 3.8) is 0 Å². The van der Waals surface area contributed by atoms with Crippen LogP contribution < -0.4 is 5.73 Å². The lowest BCUT2D eigenvalue weighted by Crippen LogP contribution is -2.44. The van der Waals surface area contributed by atoms with Crippen molar-refractivity contribution < 1.29 is 13.2 Å². The molecule has 1 aromatic carbocycles. The third-order valence-electron chi connectivity index (χ3n) is 3.89. The van der Waals surface area contributed by atoms with Gasteiger partial charge in [-0.05, 0) is 31.2 Å². The summed E-state index contributed by atoms with van der Waals surface area (Å²) in [6, 6.07) is 9.84. The van der Waals surface area contributed by atoms with Gasteiger partial charge < -0.3 is 5.73 Å². The van der Waals surface area contributed by atoms with Gasteiger partial charge in [-0.25, -0.2) is 12.7 Å². The van der Waals surface area contributed by atoms with Crippen LogP contribution in [0.3, 0.4) is 0 Å². The number of hydrogen-bond donors (Lipinski definition) is 1. The van der Waals surface area contributed by atoms with Crippen LogP contribution in [-0.4, -0.2) is 37.5 Å². The molecule has 1 aliphatic heterocycles. The molecular formula is C15H22N2O3S. The number of carbonyl (C=O) groups excluding carboxylic acids is 1. The quantitative estimate of drug-likeness (QED) is 0.855. The summed E-state index contributed by atoms with van der Waals surface area (Å²) in [7, 11) is -3.29. The first-order chi connectivity index (χ1) is 9.99. The highest BCUT2D eigenvalue weighted by atomic mass is 32.2. The van der Waals surface area contributed by atoms with E-state index in [1.165, 1.54) is 4.31 Å². The fourth-order valence-corrected chi connectivity index (χ4v) is 4.24. The molecule has 0 spiro atoms. The summed E-state index contributed by atoms with van der Waals surface area (Å²) in [5.41, 5.74) is 6.43. The molecule has 0 aromatic heterocycles. The average Bonchev–Trinajstić information content (AvgIpc) is 2.48. The summed E-state index contributed by atoms with van der Waals surface area (Å²) in [6.07, 6.45) is 2.72. The minimum absolute atomic E-state index is 0.118. The number of sulfonamides is 1. The maximum Gasteiger partial charge on any atom is 0.221 e. The van der Waals surface area contributed by atoms with E-state index >= 15 is 0 Å². The van der Waals surface area contributed by atoms with E-state index < -0.39 is 15.9 Å². The molecule has 1 saturated heterocycles. The number of benzene rings is 1. The molecule has 1 fully saturated rings. The third kappa shape index (κ3) is 4.54. The van der Waals surface area contributed by atoms with E-state index in [-0.39, 0.29) is 18.2 Å². The molecule has 0 radical (unpaired) electrons. The van der Waals surface area contributed by atoms with Gasteiger partial charge >= 0.3 is 0 Å². The second-order valence-electron chi connectivity index (χ2n) is 5.50. The molecule has 0 bridgehead atoms. The molecule has 1 amide bonds. The Balaban J connectivity index is 1.88. The molecule has 0 saturated carbocycles. The number of nitrogens with two attached hydrogens (primary N) is 1. The van der Waals surface area contributed by atoms with Crippen LogP contribution in [0.1, 0.15) is 24.8 Å². The minimum Gasteiger partial charge on any atom is -0.369 e. The van der Waals surface area contributed by atoms with Gasteiger partial charge in [0.05, 0.1) is 11.7 Å². The number of aryl methyl sites for hydroxylation is 1. The molecule has 116 valence electrons. The minimum atomic E-state index is -3.29. The summed E-state index contributed by atoms with van der Waals surface area (Å²) in [5.74, 6) is -0.630. The lowest BCUT2D eigenvalue weighted by molar-refractivity contribution is -0.122. The Bertz CT molecular complexity index is 572. The van der Waals surface area contributed by atoms with Crippen molar-refractivity contribution >= 4 is 15.9 Å². The van der Waals surface area contributed by atoms with Gasteiger partial charge in [-0.2, -0.15) is 0 Å². The predicted molar refractivity (Wildman–Crippen MR) is 82.0 cm³/mol. The number of carbonyl (C=O) groups is 1. The number of primary amides is 1. The van der Waals surface area contributed by atoms with Crippen LogP contribution in [0.25, 0.3) is 0 Å². The molecule has 1 atom stereocenters. The van der Waals surface area contributed by atoms with E-state index in [0.717, 1.165) is 12.0 Å². The SMILES string of the molecule is NC(=O)[C@@H]1CCCN(S(=O)(=O)CCCc2ccccc2)C1. The molecular weight excluding hydrogens is 288 g/mol. The smallest absolute Gasteiger partial charge is 0.221 e. The van der Waals surface area contributed by atoms with E-state index in [2.05, 4.69) is 0 Å². The molecule has 2 N–H and O–H groups in total. The van der Waals surface area contributed by atoms with Crippen LogP contribution >= 0.6 is 0 Å². The Hall–Kier alpha value is -1.40. The second-order valence-corrected chi connectivity index (χ2v) is 7.59. The molecule has 5 nitrogen and oxygen atoms in total. The normalized spacial score (nSPS) is 20.3. The molecule has 1 aliphatic rings. The van der Waals surface area contributed by atoms with Gasteiger partial charge in [0.2, 0.25) is 15.9 Å². The fraction of sp³-hybridized carbons (Fsp3) is 0.533. The maximum absolute atomic E-state index is 12.3. The van der Waals surface area contributed by atoms with E-state index in [4.69, 9.17) is 5.73 Å². The fourth-order valence-electron chi connectivity index (χ4n) is 2.66. The highest BCUT2D eigenvalue weighted by Gasteiger charge is 2.30. The Morgan fingerprint density at radius 1 is 1.29 bits per heavy atom. The number of hydrogen-bond acceptors (Lipinski definition) is 3. The molecule has 21 heavy (non-hydrogen) atoms. The zero-order chi connectivity index (χ0) is 15.3. The topological polar surface area (TPSA) is 80.5 Å². The van der Waals surface area contributed by atoms with Crippen molar-refractivity contribution in [1.29, 1.82) is 0 Å². The number of rotatable bonds is 6. The van der Waals surface area contributed by atoms with Gasteiger partial charge in [-0.1, -0.05) is 30.3 Å². The number of piperidine rings is 1. The molecule has 1 aromatic rings. The van der Waals surface area contributed by atoms with Crippen LogP contribution in [0.2, 0.25) is 0 Å². The summed E-state index contributed by atoms with van der Waals surface area (Å²) in [5, 5.41) is 0. The highest BCUT2D eigenvalue weighted by molar-refractivity contribution is 7.89. The van der Waals surface area contributed by atoms with Crippen molar-refractivity contribution in [2.24, 2.45) is 11.7 Å².